The van der Waals surface area contributed by atoms with Crippen LogP contribution in [0, 0.1) is 0 Å². The summed E-state index contributed by atoms with van der Waals surface area (Å²) in [6.45, 7) is 0. The van der Waals surface area contributed by atoms with Crippen LogP contribution in [0.5, 0.6) is 0 Å². The molecule has 3 nitrogen and oxygen atoms in total. The van der Waals surface area contributed by atoms with E-state index >= 15 is 0 Å². The molecule has 0 amide bonds. The summed E-state index contributed by atoms with van der Waals surface area (Å²) in [6, 6.07) is 14.0. The predicted molar refractivity (Wildman–Crippen MR) is 81.4 cm³/mol. The predicted octanol–water partition coefficient (Wildman–Crippen LogP) is 4.40. The van der Waals surface area contributed by atoms with Gasteiger partial charge in [0.1, 0.15) is 5.01 Å². The van der Waals surface area contributed by atoms with Crippen LogP contribution in [-0.2, 0) is 4.74 Å². The molecule has 3 aromatic rings. The van der Waals surface area contributed by atoms with Crippen molar-refractivity contribution in [2.24, 2.45) is 0 Å². The lowest BCUT2D eigenvalue weighted by Crippen LogP contribution is -1.98. The number of halogens is 1. The molecule has 0 saturated heterocycles. The molecular weight excluding hydrogens is 294 g/mol. The van der Waals surface area contributed by atoms with Gasteiger partial charge in [0, 0.05) is 5.56 Å². The molecule has 0 bridgehead atoms. The highest BCUT2D eigenvalue weighted by atomic mass is 35.5. The van der Waals surface area contributed by atoms with Gasteiger partial charge in [-0.1, -0.05) is 54.1 Å². The lowest BCUT2D eigenvalue weighted by atomic mass is 10.1. The molecule has 0 saturated carbocycles. The van der Waals surface area contributed by atoms with Crippen molar-refractivity contribution >= 4 is 39.7 Å². The average Bonchev–Trinajstić information content (AvgIpc) is 2.87. The Bertz CT molecular complexity index is 792. The molecule has 20 heavy (non-hydrogen) atoms. The van der Waals surface area contributed by atoms with Gasteiger partial charge in [0.15, 0.2) is 10.0 Å². The quantitative estimate of drug-likeness (QED) is 0.659. The van der Waals surface area contributed by atoms with E-state index in [1.165, 1.54) is 18.4 Å². The fraction of sp³-hybridized carbons (Fsp3) is 0.0667. The lowest BCUT2D eigenvalue weighted by molar-refractivity contribution is 0.0606. The van der Waals surface area contributed by atoms with Crippen molar-refractivity contribution in [2.75, 3.05) is 7.11 Å². The highest BCUT2D eigenvalue weighted by Gasteiger charge is 2.18. The molecule has 0 atom stereocenters. The fourth-order valence-corrected chi connectivity index (χ4v) is 3.29. The van der Waals surface area contributed by atoms with Crippen molar-refractivity contribution in [1.29, 1.82) is 0 Å². The standard InChI is InChI=1S/C15H10ClNO2S/c1-19-15(18)12-13(16)17-14(20-12)11-8-4-6-9-5-2-3-7-10(9)11/h2-8H,1H3. The van der Waals surface area contributed by atoms with Gasteiger partial charge >= 0.3 is 5.97 Å². The van der Waals surface area contributed by atoms with Crippen LogP contribution < -0.4 is 0 Å². The van der Waals surface area contributed by atoms with Crippen molar-refractivity contribution < 1.29 is 9.53 Å². The number of methoxy groups -OCH3 is 1. The topological polar surface area (TPSA) is 39.2 Å². The van der Waals surface area contributed by atoms with Gasteiger partial charge in [-0.05, 0) is 10.8 Å². The number of hydrogen-bond donors (Lipinski definition) is 0. The highest BCUT2D eigenvalue weighted by Crippen LogP contribution is 2.35. The summed E-state index contributed by atoms with van der Waals surface area (Å²) in [6.07, 6.45) is 0. The van der Waals surface area contributed by atoms with E-state index in [1.54, 1.807) is 0 Å². The number of carbonyl (C=O) groups is 1. The molecule has 0 N–H and O–H groups in total. The van der Waals surface area contributed by atoms with Gasteiger partial charge in [0.2, 0.25) is 0 Å². The van der Waals surface area contributed by atoms with Gasteiger partial charge in [-0.25, -0.2) is 9.78 Å². The van der Waals surface area contributed by atoms with Gasteiger partial charge in [0.05, 0.1) is 7.11 Å². The van der Waals surface area contributed by atoms with Crippen LogP contribution in [0.2, 0.25) is 5.15 Å². The molecular formula is C15H10ClNO2S. The molecule has 0 unspecified atom stereocenters. The van der Waals surface area contributed by atoms with Crippen LogP contribution in [0.1, 0.15) is 9.67 Å². The van der Waals surface area contributed by atoms with Gasteiger partial charge in [-0.3, -0.25) is 0 Å². The van der Waals surface area contributed by atoms with Gasteiger partial charge in [-0.15, -0.1) is 11.3 Å². The first kappa shape index (κ1) is 13.1. The summed E-state index contributed by atoms with van der Waals surface area (Å²) in [4.78, 5) is 16.2. The van der Waals surface area contributed by atoms with Crippen LogP contribution in [0.25, 0.3) is 21.3 Å². The molecule has 0 fully saturated rings. The molecule has 3 rings (SSSR count). The zero-order valence-electron chi connectivity index (χ0n) is 10.6. The first-order valence-corrected chi connectivity index (χ1v) is 7.13. The number of fused-ring (bicyclic) bond motifs is 1. The molecule has 0 radical (unpaired) electrons. The number of carbonyl (C=O) groups excluding carboxylic acids is 1. The second-order valence-corrected chi connectivity index (χ2v) is 5.51. The third-order valence-electron chi connectivity index (χ3n) is 2.98. The maximum atomic E-state index is 11.6. The second-order valence-electron chi connectivity index (χ2n) is 4.16. The Morgan fingerprint density at radius 1 is 1.20 bits per heavy atom. The van der Waals surface area contributed by atoms with E-state index in [9.17, 15) is 4.79 Å². The minimum atomic E-state index is -0.459. The van der Waals surface area contributed by atoms with Crippen molar-refractivity contribution in [3.8, 4) is 10.6 Å². The van der Waals surface area contributed by atoms with Gasteiger partial charge in [0.25, 0.3) is 0 Å². The number of esters is 1. The largest absolute Gasteiger partial charge is 0.465 e. The molecule has 1 heterocycles. The number of rotatable bonds is 2. The van der Waals surface area contributed by atoms with E-state index < -0.39 is 5.97 Å². The van der Waals surface area contributed by atoms with Crippen molar-refractivity contribution in [1.82, 2.24) is 4.98 Å². The minimum Gasteiger partial charge on any atom is -0.465 e. The Kier molecular flexibility index (Phi) is 3.42. The minimum absolute atomic E-state index is 0.185. The van der Waals surface area contributed by atoms with Gasteiger partial charge < -0.3 is 4.74 Å². The third-order valence-corrected chi connectivity index (χ3v) is 4.43. The molecule has 0 aliphatic rings. The van der Waals surface area contributed by atoms with E-state index in [4.69, 9.17) is 16.3 Å². The van der Waals surface area contributed by atoms with Crippen LogP contribution >= 0.6 is 22.9 Å². The van der Waals surface area contributed by atoms with Gasteiger partial charge in [-0.2, -0.15) is 0 Å². The molecule has 0 aliphatic carbocycles. The van der Waals surface area contributed by atoms with E-state index in [1.807, 2.05) is 42.5 Å². The number of ether oxygens (including phenoxy) is 1. The Labute approximate surface area is 124 Å². The first-order valence-electron chi connectivity index (χ1n) is 5.93. The SMILES string of the molecule is COC(=O)c1sc(-c2cccc3ccccc23)nc1Cl. The summed E-state index contributed by atoms with van der Waals surface area (Å²) in [5, 5.41) is 3.10. The molecule has 2 aromatic carbocycles. The zero-order chi connectivity index (χ0) is 14.1. The first-order chi connectivity index (χ1) is 9.70. The van der Waals surface area contributed by atoms with Crippen LogP contribution in [-0.4, -0.2) is 18.1 Å². The summed E-state index contributed by atoms with van der Waals surface area (Å²) in [5.74, 6) is -0.459. The molecule has 0 aliphatic heterocycles. The summed E-state index contributed by atoms with van der Waals surface area (Å²) >= 11 is 7.26. The van der Waals surface area contributed by atoms with Crippen LogP contribution in [0.15, 0.2) is 42.5 Å². The summed E-state index contributed by atoms with van der Waals surface area (Å²) < 4.78 is 4.70. The van der Waals surface area contributed by atoms with Crippen molar-refractivity contribution in [3.05, 3.63) is 52.5 Å². The van der Waals surface area contributed by atoms with E-state index in [0.717, 1.165) is 16.3 Å². The third kappa shape index (κ3) is 2.17. The monoisotopic (exact) mass is 303 g/mol. The lowest BCUT2D eigenvalue weighted by Gasteiger charge is -2.02. The number of hydrogen-bond acceptors (Lipinski definition) is 4. The molecule has 100 valence electrons. The summed E-state index contributed by atoms with van der Waals surface area (Å²) in [5.41, 5.74) is 0.963. The van der Waals surface area contributed by atoms with E-state index in [2.05, 4.69) is 4.98 Å². The Balaban J connectivity index is 2.19. The number of thiazole rings is 1. The Hall–Kier alpha value is -1.91. The number of aromatic nitrogens is 1. The maximum absolute atomic E-state index is 11.6. The van der Waals surface area contributed by atoms with Crippen LogP contribution in [0.4, 0.5) is 0 Å². The average molecular weight is 304 g/mol. The van der Waals surface area contributed by atoms with E-state index in [-0.39, 0.29) is 5.15 Å². The number of nitrogens with zero attached hydrogens (tertiary/aromatic N) is 1. The normalized spacial score (nSPS) is 10.7. The summed E-state index contributed by atoms with van der Waals surface area (Å²) in [7, 11) is 1.33. The van der Waals surface area contributed by atoms with E-state index in [0.29, 0.717) is 9.88 Å². The molecule has 0 spiro atoms. The fourth-order valence-electron chi connectivity index (χ4n) is 2.05. The van der Waals surface area contributed by atoms with Crippen molar-refractivity contribution in [2.45, 2.75) is 0 Å². The number of benzene rings is 2. The Morgan fingerprint density at radius 3 is 2.75 bits per heavy atom. The van der Waals surface area contributed by atoms with Crippen LogP contribution in [0.3, 0.4) is 0 Å². The maximum Gasteiger partial charge on any atom is 0.351 e. The second kappa shape index (κ2) is 5.23. The molecule has 5 heteroatoms. The highest BCUT2D eigenvalue weighted by molar-refractivity contribution is 7.17. The Morgan fingerprint density at radius 2 is 1.95 bits per heavy atom. The smallest absolute Gasteiger partial charge is 0.351 e. The van der Waals surface area contributed by atoms with Crippen molar-refractivity contribution in [3.63, 3.8) is 0 Å². The molecule has 1 aromatic heterocycles. The zero-order valence-corrected chi connectivity index (χ0v) is 12.2.